The summed E-state index contributed by atoms with van der Waals surface area (Å²) in [5.74, 6) is 2.54. The minimum absolute atomic E-state index is 0.0195. The van der Waals surface area contributed by atoms with Gasteiger partial charge in [-0.1, -0.05) is 27.2 Å². The molecule has 0 bridgehead atoms. The summed E-state index contributed by atoms with van der Waals surface area (Å²) < 4.78 is 11.3. The van der Waals surface area contributed by atoms with E-state index in [-0.39, 0.29) is 22.4 Å². The zero-order valence-electron chi connectivity index (χ0n) is 17.2. The van der Waals surface area contributed by atoms with Gasteiger partial charge in [-0.2, -0.15) is 0 Å². The predicted molar refractivity (Wildman–Crippen MR) is 100 cm³/mol. The Hall–Kier alpha value is -0.570. The van der Waals surface area contributed by atoms with Gasteiger partial charge in [0.05, 0.1) is 18.1 Å². The Morgan fingerprint density at radius 2 is 1.76 bits per heavy atom. The predicted octanol–water partition coefficient (Wildman–Crippen LogP) is 5.22. The fourth-order valence-electron chi connectivity index (χ4n) is 7.30. The van der Waals surface area contributed by atoms with Gasteiger partial charge < -0.3 is 9.47 Å². The fraction of sp³-hybridized carbons (Fsp3) is 0.955. The number of hydrogen-bond acceptors (Lipinski definition) is 3. The van der Waals surface area contributed by atoms with Crippen molar-refractivity contribution in [1.29, 1.82) is 0 Å². The van der Waals surface area contributed by atoms with E-state index in [0.29, 0.717) is 11.8 Å². The van der Waals surface area contributed by atoms with Crippen molar-refractivity contribution < 1.29 is 14.3 Å². The summed E-state index contributed by atoms with van der Waals surface area (Å²) in [6.07, 6.45) is 9.44. The maximum absolute atomic E-state index is 12.6. The van der Waals surface area contributed by atoms with Gasteiger partial charge >= 0.3 is 5.97 Å². The minimum Gasteiger partial charge on any atom is -0.469 e. The summed E-state index contributed by atoms with van der Waals surface area (Å²) >= 11 is 0. The molecule has 0 radical (unpaired) electrons. The van der Waals surface area contributed by atoms with E-state index in [2.05, 4.69) is 27.7 Å². The van der Waals surface area contributed by atoms with Crippen LogP contribution in [0.5, 0.6) is 0 Å². The maximum atomic E-state index is 12.6. The van der Waals surface area contributed by atoms with Gasteiger partial charge in [-0.3, -0.25) is 4.79 Å². The largest absolute Gasteiger partial charge is 0.469 e. The van der Waals surface area contributed by atoms with Gasteiger partial charge in [0, 0.05) is 7.11 Å². The SMILES string of the molecule is COC(=O)C1(C)CCCC2(C)C3CCC(OC)(C(C)C)CC3CCC12. The molecule has 0 aliphatic heterocycles. The highest BCUT2D eigenvalue weighted by Gasteiger charge is 2.61. The number of carbonyl (C=O) groups excluding carboxylic acids is 1. The highest BCUT2D eigenvalue weighted by atomic mass is 16.5. The van der Waals surface area contributed by atoms with E-state index in [1.54, 1.807) is 7.11 Å². The number of ether oxygens (including phenoxy) is 2. The molecule has 144 valence electrons. The van der Waals surface area contributed by atoms with Crippen LogP contribution < -0.4 is 0 Å². The second-order valence-corrected chi connectivity index (χ2v) is 9.93. The molecule has 0 aromatic carbocycles. The molecule has 25 heavy (non-hydrogen) atoms. The maximum Gasteiger partial charge on any atom is 0.311 e. The van der Waals surface area contributed by atoms with Crippen LogP contribution in [0.2, 0.25) is 0 Å². The van der Waals surface area contributed by atoms with Crippen LogP contribution in [0.4, 0.5) is 0 Å². The molecular formula is C22H38O3. The van der Waals surface area contributed by atoms with E-state index >= 15 is 0 Å². The summed E-state index contributed by atoms with van der Waals surface area (Å²) in [4.78, 5) is 12.6. The van der Waals surface area contributed by atoms with Crippen LogP contribution in [0, 0.1) is 34.5 Å². The molecule has 3 aliphatic carbocycles. The fourth-order valence-corrected chi connectivity index (χ4v) is 7.30. The minimum atomic E-state index is -0.291. The Labute approximate surface area is 154 Å². The number of fused-ring (bicyclic) bond motifs is 3. The summed E-state index contributed by atoms with van der Waals surface area (Å²) in [6, 6.07) is 0. The normalized spacial score (nSPS) is 47.1. The molecule has 6 unspecified atom stereocenters. The van der Waals surface area contributed by atoms with Crippen LogP contribution in [0.1, 0.15) is 79.1 Å². The van der Waals surface area contributed by atoms with Crippen molar-refractivity contribution >= 4 is 5.97 Å². The van der Waals surface area contributed by atoms with E-state index in [9.17, 15) is 4.79 Å². The molecule has 0 aromatic rings. The zero-order chi connectivity index (χ0) is 18.5. The molecule has 3 saturated carbocycles. The topological polar surface area (TPSA) is 35.5 Å². The summed E-state index contributed by atoms with van der Waals surface area (Å²) in [5.41, 5.74) is 0.0478. The van der Waals surface area contributed by atoms with Crippen molar-refractivity contribution in [3.05, 3.63) is 0 Å². The van der Waals surface area contributed by atoms with Gasteiger partial charge in [0.15, 0.2) is 0 Å². The Kier molecular flexibility index (Phi) is 5.03. The van der Waals surface area contributed by atoms with E-state index in [1.807, 2.05) is 7.11 Å². The first-order chi connectivity index (χ1) is 11.7. The molecule has 0 saturated heterocycles. The standard InChI is InChI=1S/C22H38O3/c1-15(2)22(25-6)13-10-17-16(14-22)8-9-18-20(17,3)11-7-12-21(18,4)19(23)24-5/h15-18H,7-14H2,1-6H3. The summed E-state index contributed by atoms with van der Waals surface area (Å²) in [7, 11) is 3.46. The Balaban J connectivity index is 1.88. The van der Waals surface area contributed by atoms with Crippen molar-refractivity contribution in [3.63, 3.8) is 0 Å². The first-order valence-corrected chi connectivity index (χ1v) is 10.4. The smallest absolute Gasteiger partial charge is 0.311 e. The summed E-state index contributed by atoms with van der Waals surface area (Å²) in [6.45, 7) is 9.29. The average Bonchev–Trinajstić information content (AvgIpc) is 2.60. The second kappa shape index (κ2) is 6.55. The number of rotatable bonds is 3. The first kappa shape index (κ1) is 19.2. The van der Waals surface area contributed by atoms with Crippen molar-refractivity contribution in [1.82, 2.24) is 0 Å². The van der Waals surface area contributed by atoms with E-state index in [0.717, 1.165) is 24.7 Å². The van der Waals surface area contributed by atoms with Gasteiger partial charge in [-0.25, -0.2) is 0 Å². The molecule has 3 nitrogen and oxygen atoms in total. The summed E-state index contributed by atoms with van der Waals surface area (Å²) in [5, 5.41) is 0. The highest BCUT2D eigenvalue weighted by molar-refractivity contribution is 5.77. The third-order valence-corrected chi connectivity index (χ3v) is 8.82. The third kappa shape index (κ3) is 2.76. The molecule has 3 heteroatoms. The molecule has 0 spiro atoms. The molecule has 0 N–H and O–H groups in total. The lowest BCUT2D eigenvalue weighted by atomic mass is 9.43. The molecule has 6 atom stereocenters. The third-order valence-electron chi connectivity index (χ3n) is 8.82. The van der Waals surface area contributed by atoms with Gasteiger partial charge in [0.2, 0.25) is 0 Å². The number of hydrogen-bond donors (Lipinski definition) is 0. The van der Waals surface area contributed by atoms with Crippen LogP contribution >= 0.6 is 0 Å². The lowest BCUT2D eigenvalue weighted by Crippen LogP contribution is -2.58. The Morgan fingerprint density at radius 3 is 2.36 bits per heavy atom. The van der Waals surface area contributed by atoms with Crippen LogP contribution in [0.15, 0.2) is 0 Å². The molecule has 0 heterocycles. The number of carbonyl (C=O) groups is 1. The van der Waals surface area contributed by atoms with Crippen LogP contribution in [0.25, 0.3) is 0 Å². The molecule has 3 aliphatic rings. The van der Waals surface area contributed by atoms with E-state index in [1.165, 1.54) is 38.5 Å². The molecular weight excluding hydrogens is 312 g/mol. The molecule has 3 fully saturated rings. The monoisotopic (exact) mass is 350 g/mol. The van der Waals surface area contributed by atoms with Gasteiger partial charge in [0.1, 0.15) is 0 Å². The first-order valence-electron chi connectivity index (χ1n) is 10.4. The van der Waals surface area contributed by atoms with Crippen molar-refractivity contribution in [2.75, 3.05) is 14.2 Å². The molecule has 3 rings (SSSR count). The second-order valence-electron chi connectivity index (χ2n) is 9.93. The van der Waals surface area contributed by atoms with E-state index < -0.39 is 0 Å². The molecule has 0 aromatic heterocycles. The Bertz CT molecular complexity index is 515. The number of esters is 1. The number of methoxy groups -OCH3 is 2. The highest BCUT2D eigenvalue weighted by Crippen LogP contribution is 2.65. The zero-order valence-corrected chi connectivity index (χ0v) is 17.2. The average molecular weight is 351 g/mol. The van der Waals surface area contributed by atoms with Crippen LogP contribution in [-0.2, 0) is 14.3 Å². The van der Waals surface area contributed by atoms with Crippen molar-refractivity contribution in [2.24, 2.45) is 34.5 Å². The van der Waals surface area contributed by atoms with Gasteiger partial charge in [0.25, 0.3) is 0 Å². The molecule has 0 amide bonds. The van der Waals surface area contributed by atoms with Crippen LogP contribution in [-0.4, -0.2) is 25.8 Å². The lowest BCUT2D eigenvalue weighted by molar-refractivity contribution is -0.186. The van der Waals surface area contributed by atoms with Gasteiger partial charge in [-0.15, -0.1) is 0 Å². The van der Waals surface area contributed by atoms with Crippen molar-refractivity contribution in [2.45, 2.75) is 84.7 Å². The Morgan fingerprint density at radius 1 is 1.04 bits per heavy atom. The lowest BCUT2D eigenvalue weighted by Gasteiger charge is -2.62. The van der Waals surface area contributed by atoms with Gasteiger partial charge in [-0.05, 0) is 81.0 Å². The quantitative estimate of drug-likeness (QED) is 0.654. The van der Waals surface area contributed by atoms with Crippen LogP contribution in [0.3, 0.4) is 0 Å². The van der Waals surface area contributed by atoms with Crippen molar-refractivity contribution in [3.8, 4) is 0 Å². The van der Waals surface area contributed by atoms with E-state index in [4.69, 9.17) is 9.47 Å².